The van der Waals surface area contributed by atoms with Gasteiger partial charge in [-0.3, -0.25) is 4.98 Å². The lowest BCUT2D eigenvalue weighted by Crippen LogP contribution is -2.29. The molecule has 2 N–H and O–H groups in total. The van der Waals surface area contributed by atoms with Crippen LogP contribution in [0.3, 0.4) is 0 Å². The van der Waals surface area contributed by atoms with Gasteiger partial charge < -0.3 is 10.6 Å². The van der Waals surface area contributed by atoms with Crippen molar-refractivity contribution in [1.29, 1.82) is 0 Å². The number of amides is 2. The molecule has 4 nitrogen and oxygen atoms in total. The van der Waals surface area contributed by atoms with Gasteiger partial charge in [0.1, 0.15) is 5.82 Å². The molecule has 2 amide bonds. The Labute approximate surface area is 158 Å². The molecule has 0 fully saturated rings. The third-order valence-electron chi connectivity index (χ3n) is 4.20. The molecule has 0 aliphatic carbocycles. The number of hydrogen-bond acceptors (Lipinski definition) is 2. The Morgan fingerprint density at radius 2 is 1.93 bits per heavy atom. The highest BCUT2D eigenvalue weighted by Crippen LogP contribution is 2.31. The molecule has 1 heterocycles. The van der Waals surface area contributed by atoms with Gasteiger partial charge in [-0.15, -0.1) is 0 Å². The molecule has 0 aliphatic rings. The fourth-order valence-corrected chi connectivity index (χ4v) is 2.84. The summed E-state index contributed by atoms with van der Waals surface area (Å²) in [6, 6.07) is 9.72. The number of nitrogens with zero attached hydrogens (tertiary/aromatic N) is 1. The van der Waals surface area contributed by atoms with E-state index in [1.54, 1.807) is 30.6 Å². The quantitative estimate of drug-likeness (QED) is 0.467. The van der Waals surface area contributed by atoms with E-state index in [0.717, 1.165) is 22.9 Å². The van der Waals surface area contributed by atoms with Gasteiger partial charge in [-0.05, 0) is 42.7 Å². The Morgan fingerprint density at radius 3 is 2.68 bits per heavy atom. The molecule has 0 spiro atoms. The standard InChI is InChI=1S/C20H17F4N3O/c21-17-11-13(6-7-16(17)20(22,23)24)3-2-9-26-19(28)27-18-5-1-4-14-12-25-10-8-15(14)18/h1,4-8,10-12H,2-3,9H2,(H2,26,27,28). The number of alkyl halides is 3. The molecule has 146 valence electrons. The molecule has 28 heavy (non-hydrogen) atoms. The maximum Gasteiger partial charge on any atom is 0.419 e. The van der Waals surface area contributed by atoms with Crippen LogP contribution >= 0.6 is 0 Å². The van der Waals surface area contributed by atoms with E-state index in [1.165, 1.54) is 6.07 Å². The number of urea groups is 1. The lowest BCUT2D eigenvalue weighted by Gasteiger charge is -2.11. The number of halogens is 4. The van der Waals surface area contributed by atoms with Crippen molar-refractivity contribution in [2.75, 3.05) is 11.9 Å². The normalized spacial score (nSPS) is 11.4. The molecular formula is C20H17F4N3O. The summed E-state index contributed by atoms with van der Waals surface area (Å²) in [5.74, 6) is -1.29. The second-order valence-corrected chi connectivity index (χ2v) is 6.20. The number of carbonyl (C=O) groups is 1. The number of nitrogens with one attached hydrogen (secondary N) is 2. The van der Waals surface area contributed by atoms with Crippen molar-refractivity contribution < 1.29 is 22.4 Å². The number of aryl methyl sites for hydroxylation is 1. The second kappa shape index (κ2) is 8.24. The second-order valence-electron chi connectivity index (χ2n) is 6.20. The number of benzene rings is 2. The van der Waals surface area contributed by atoms with Crippen LogP contribution in [0.2, 0.25) is 0 Å². The predicted molar refractivity (Wildman–Crippen MR) is 98.5 cm³/mol. The zero-order chi connectivity index (χ0) is 20.1. The first-order valence-corrected chi connectivity index (χ1v) is 8.58. The van der Waals surface area contributed by atoms with Crippen LogP contribution in [0.15, 0.2) is 54.9 Å². The van der Waals surface area contributed by atoms with Crippen LogP contribution in [-0.4, -0.2) is 17.6 Å². The Kier molecular flexibility index (Phi) is 5.77. The molecule has 8 heteroatoms. The number of aromatic nitrogens is 1. The van der Waals surface area contributed by atoms with Crippen molar-refractivity contribution in [1.82, 2.24) is 10.3 Å². The average Bonchev–Trinajstić information content (AvgIpc) is 2.64. The first-order chi connectivity index (χ1) is 13.3. The SMILES string of the molecule is O=C(NCCCc1ccc(C(F)(F)F)c(F)c1)Nc1cccc2cnccc12. The highest BCUT2D eigenvalue weighted by Gasteiger charge is 2.33. The Morgan fingerprint density at radius 1 is 1.11 bits per heavy atom. The van der Waals surface area contributed by atoms with E-state index in [2.05, 4.69) is 15.6 Å². The molecule has 0 atom stereocenters. The van der Waals surface area contributed by atoms with E-state index in [0.29, 0.717) is 30.6 Å². The number of anilines is 1. The van der Waals surface area contributed by atoms with Crippen LogP contribution in [0.4, 0.5) is 28.0 Å². The maximum absolute atomic E-state index is 13.5. The van der Waals surface area contributed by atoms with Crippen LogP contribution in [-0.2, 0) is 12.6 Å². The topological polar surface area (TPSA) is 54.0 Å². The summed E-state index contributed by atoms with van der Waals surface area (Å²) < 4.78 is 51.2. The molecule has 1 aromatic heterocycles. The van der Waals surface area contributed by atoms with Crippen molar-refractivity contribution in [3.63, 3.8) is 0 Å². The van der Waals surface area contributed by atoms with E-state index in [9.17, 15) is 22.4 Å². The highest BCUT2D eigenvalue weighted by molar-refractivity contribution is 6.01. The van der Waals surface area contributed by atoms with Gasteiger partial charge in [0.25, 0.3) is 0 Å². The fourth-order valence-electron chi connectivity index (χ4n) is 2.84. The number of hydrogen-bond donors (Lipinski definition) is 2. The lowest BCUT2D eigenvalue weighted by molar-refractivity contribution is -0.140. The fraction of sp³-hybridized carbons (Fsp3) is 0.200. The van der Waals surface area contributed by atoms with Crippen molar-refractivity contribution in [3.8, 4) is 0 Å². The Balaban J connectivity index is 1.50. The molecule has 0 unspecified atom stereocenters. The maximum atomic E-state index is 13.5. The molecule has 0 saturated carbocycles. The van der Waals surface area contributed by atoms with Gasteiger partial charge in [-0.1, -0.05) is 18.2 Å². The third kappa shape index (κ3) is 4.76. The largest absolute Gasteiger partial charge is 0.419 e. The van der Waals surface area contributed by atoms with E-state index in [4.69, 9.17) is 0 Å². The Bertz CT molecular complexity index is 983. The van der Waals surface area contributed by atoms with Crippen molar-refractivity contribution in [3.05, 3.63) is 71.8 Å². The smallest absolute Gasteiger partial charge is 0.338 e. The van der Waals surface area contributed by atoms with E-state index >= 15 is 0 Å². The van der Waals surface area contributed by atoms with Crippen LogP contribution in [0, 0.1) is 5.82 Å². The van der Waals surface area contributed by atoms with Crippen LogP contribution < -0.4 is 10.6 Å². The molecule has 3 rings (SSSR count). The molecule has 2 aromatic carbocycles. The van der Waals surface area contributed by atoms with Crippen LogP contribution in [0.1, 0.15) is 17.5 Å². The molecule has 3 aromatic rings. The van der Waals surface area contributed by atoms with Gasteiger partial charge in [0.05, 0.1) is 11.3 Å². The van der Waals surface area contributed by atoms with Crippen molar-refractivity contribution in [2.24, 2.45) is 0 Å². The zero-order valence-electron chi connectivity index (χ0n) is 14.7. The van der Waals surface area contributed by atoms with E-state index in [-0.39, 0.29) is 0 Å². The summed E-state index contributed by atoms with van der Waals surface area (Å²) in [6.45, 7) is 0.292. The van der Waals surface area contributed by atoms with Gasteiger partial charge in [-0.2, -0.15) is 13.2 Å². The van der Waals surface area contributed by atoms with Crippen LogP contribution in [0.25, 0.3) is 10.8 Å². The Hall–Kier alpha value is -3.16. The summed E-state index contributed by atoms with van der Waals surface area (Å²) in [5, 5.41) is 7.18. The number of fused-ring (bicyclic) bond motifs is 1. The van der Waals surface area contributed by atoms with Crippen LogP contribution in [0.5, 0.6) is 0 Å². The minimum absolute atomic E-state index is 0.292. The third-order valence-corrected chi connectivity index (χ3v) is 4.20. The minimum Gasteiger partial charge on any atom is -0.338 e. The molecule has 0 saturated heterocycles. The minimum atomic E-state index is -4.71. The number of rotatable bonds is 5. The summed E-state index contributed by atoms with van der Waals surface area (Å²) in [4.78, 5) is 16.1. The summed E-state index contributed by atoms with van der Waals surface area (Å²) >= 11 is 0. The zero-order valence-corrected chi connectivity index (χ0v) is 14.7. The molecule has 0 bridgehead atoms. The van der Waals surface area contributed by atoms with Gasteiger partial charge in [0, 0.05) is 29.7 Å². The van der Waals surface area contributed by atoms with E-state index in [1.807, 2.05) is 6.07 Å². The highest BCUT2D eigenvalue weighted by atomic mass is 19.4. The summed E-state index contributed by atoms with van der Waals surface area (Å²) in [6.07, 6.45) is -0.580. The lowest BCUT2D eigenvalue weighted by atomic mass is 10.1. The first-order valence-electron chi connectivity index (χ1n) is 8.58. The monoisotopic (exact) mass is 391 g/mol. The van der Waals surface area contributed by atoms with Gasteiger partial charge >= 0.3 is 12.2 Å². The molecular weight excluding hydrogens is 374 g/mol. The summed E-state index contributed by atoms with van der Waals surface area (Å²) in [7, 11) is 0. The van der Waals surface area contributed by atoms with Gasteiger partial charge in [-0.25, -0.2) is 9.18 Å². The number of pyridine rings is 1. The van der Waals surface area contributed by atoms with Gasteiger partial charge in [0.15, 0.2) is 0 Å². The van der Waals surface area contributed by atoms with E-state index < -0.39 is 23.6 Å². The predicted octanol–water partition coefficient (Wildman–Crippen LogP) is 5.15. The van der Waals surface area contributed by atoms with Crippen molar-refractivity contribution >= 4 is 22.5 Å². The number of carbonyl (C=O) groups excluding carboxylic acids is 1. The summed E-state index contributed by atoms with van der Waals surface area (Å²) in [5.41, 5.74) is -0.199. The average molecular weight is 391 g/mol. The van der Waals surface area contributed by atoms with Gasteiger partial charge in [0.2, 0.25) is 0 Å². The molecule has 0 aliphatic heterocycles. The van der Waals surface area contributed by atoms with Crippen molar-refractivity contribution in [2.45, 2.75) is 19.0 Å². The first kappa shape index (κ1) is 19.6. The molecule has 0 radical (unpaired) electrons.